The third-order valence-electron chi connectivity index (χ3n) is 2.87. The molecule has 1 aromatic carbocycles. The van der Waals surface area contributed by atoms with E-state index in [0.29, 0.717) is 0 Å². The first kappa shape index (κ1) is 22.0. The van der Waals surface area contributed by atoms with Crippen molar-refractivity contribution in [1.29, 1.82) is 0 Å². The van der Waals surface area contributed by atoms with Gasteiger partial charge in [-0.1, -0.05) is 19.9 Å². The molecule has 22 heavy (non-hydrogen) atoms. The summed E-state index contributed by atoms with van der Waals surface area (Å²) in [5.74, 6) is 0. The van der Waals surface area contributed by atoms with E-state index in [-0.39, 0.29) is 0 Å². The normalized spacial score (nSPS) is 11.8. The topological polar surface area (TPSA) is 3.24 Å². The van der Waals surface area contributed by atoms with Crippen LogP contribution in [0.2, 0.25) is 0 Å². The van der Waals surface area contributed by atoms with Crippen LogP contribution >= 0.6 is 29.5 Å². The van der Waals surface area contributed by atoms with Gasteiger partial charge < -0.3 is 4.90 Å². The van der Waals surface area contributed by atoms with Crippen LogP contribution in [0.15, 0.2) is 48.6 Å². The molecule has 0 fully saturated rings. The molecule has 1 nitrogen and oxygen atoms in total. The SMILES string of the molecule is CCN(CC)C[CH-]c1ccccc1.[C-]1=CC=CC1.[Cl][V]([Cl])[Cl]. The Bertz CT molecular complexity index is 391. The Balaban J connectivity index is 0.000000400. The van der Waals surface area contributed by atoms with Crippen LogP contribution in [0.1, 0.15) is 25.8 Å². The third-order valence-corrected chi connectivity index (χ3v) is 2.87. The molecule has 1 aliphatic rings. The molecule has 0 spiro atoms. The van der Waals surface area contributed by atoms with E-state index >= 15 is 0 Å². The second kappa shape index (κ2) is 15.9. The monoisotopic (exact) mass is 397 g/mol. The van der Waals surface area contributed by atoms with Crippen molar-refractivity contribution in [2.75, 3.05) is 19.6 Å². The quantitative estimate of drug-likeness (QED) is 0.554. The first-order valence-corrected chi connectivity index (χ1v) is 13.0. The molecule has 0 saturated carbocycles. The van der Waals surface area contributed by atoms with Crippen LogP contribution in [0, 0.1) is 12.5 Å². The summed E-state index contributed by atoms with van der Waals surface area (Å²) in [4.78, 5) is 2.40. The summed E-state index contributed by atoms with van der Waals surface area (Å²) in [6, 6.07) is 10.5. The van der Waals surface area contributed by atoms with E-state index in [4.69, 9.17) is 29.5 Å². The average Bonchev–Trinajstić information content (AvgIpc) is 3.08. The summed E-state index contributed by atoms with van der Waals surface area (Å²) in [7, 11) is 14.9. The number of hydrogen-bond donors (Lipinski definition) is 0. The molecule has 1 aliphatic carbocycles. The molecule has 1 aromatic rings. The number of halogens is 3. The molecule has 124 valence electrons. The fourth-order valence-electron chi connectivity index (χ4n) is 1.65. The first-order chi connectivity index (χ1) is 10.6. The second-order valence-corrected chi connectivity index (χ2v) is 11.2. The minimum atomic E-state index is -1.77. The van der Waals surface area contributed by atoms with Gasteiger partial charge in [0.15, 0.2) is 0 Å². The summed E-state index contributed by atoms with van der Waals surface area (Å²) in [5, 5.41) is 0. The molecule has 0 aliphatic heterocycles. The number of rotatable bonds is 5. The van der Waals surface area contributed by atoms with Crippen molar-refractivity contribution < 1.29 is 12.3 Å². The summed E-state index contributed by atoms with van der Waals surface area (Å²) < 4.78 is 0. The molecule has 0 amide bonds. The average molecular weight is 399 g/mol. The Morgan fingerprint density at radius 3 is 2.09 bits per heavy atom. The summed E-state index contributed by atoms with van der Waals surface area (Å²) >= 11 is -1.77. The van der Waals surface area contributed by atoms with Crippen molar-refractivity contribution in [3.63, 3.8) is 0 Å². The standard InChI is InChI=1S/C12H18N.C5H5.3ClH.V/c1-3-13(4-2)11-10-12-8-6-5-7-9-12;1-2-4-5-3-1;;;;/h5-10H,3-4,11H2,1-2H3;1-3H,4H2;3*1H;/q2*-1;;;;+3/p-3. The molecule has 0 heterocycles. The van der Waals surface area contributed by atoms with Crippen LogP contribution < -0.4 is 0 Å². The predicted molar refractivity (Wildman–Crippen MR) is 96.8 cm³/mol. The Morgan fingerprint density at radius 1 is 1.14 bits per heavy atom. The zero-order chi connectivity index (χ0) is 16.6. The molecule has 2 rings (SSSR count). The fraction of sp³-hybridized carbons (Fsp3) is 0.353. The van der Waals surface area contributed by atoms with Gasteiger partial charge >= 0.3 is 41.8 Å². The van der Waals surface area contributed by atoms with Crippen LogP contribution in [-0.4, -0.2) is 24.5 Å². The molecule has 0 unspecified atom stereocenters. The van der Waals surface area contributed by atoms with Crippen LogP contribution in [-0.2, 0) is 12.3 Å². The van der Waals surface area contributed by atoms with Crippen molar-refractivity contribution in [3.8, 4) is 0 Å². The Hall–Kier alpha value is -0.0156. The number of likely N-dealkylation sites (N-methyl/N-ethyl adjacent to an activating group) is 1. The van der Waals surface area contributed by atoms with E-state index in [1.807, 2.05) is 12.2 Å². The first-order valence-electron chi connectivity index (χ1n) is 7.19. The van der Waals surface area contributed by atoms with E-state index in [2.05, 4.69) is 67.7 Å². The zero-order valence-electron chi connectivity index (χ0n) is 13.1. The van der Waals surface area contributed by atoms with E-state index in [9.17, 15) is 0 Å². The Labute approximate surface area is 152 Å². The van der Waals surface area contributed by atoms with Crippen LogP contribution in [0.4, 0.5) is 0 Å². The van der Waals surface area contributed by atoms with Gasteiger partial charge in [-0.05, 0) is 19.6 Å². The second-order valence-electron chi connectivity index (χ2n) is 4.30. The van der Waals surface area contributed by atoms with E-state index < -0.39 is 12.3 Å². The Kier molecular flexibility index (Phi) is 15.9. The number of nitrogens with zero attached hydrogens (tertiary/aromatic N) is 1. The summed E-state index contributed by atoms with van der Waals surface area (Å²) in [6.07, 6.45) is 12.3. The molecule has 0 bridgehead atoms. The van der Waals surface area contributed by atoms with E-state index in [1.165, 1.54) is 5.56 Å². The van der Waals surface area contributed by atoms with Crippen LogP contribution in [0.5, 0.6) is 0 Å². The van der Waals surface area contributed by atoms with Gasteiger partial charge in [0.05, 0.1) is 0 Å². The van der Waals surface area contributed by atoms with Crippen LogP contribution in [0.25, 0.3) is 0 Å². The molecule has 0 radical (unpaired) electrons. The van der Waals surface area contributed by atoms with Gasteiger partial charge in [-0.3, -0.25) is 6.08 Å². The maximum absolute atomic E-state index is 4.95. The zero-order valence-corrected chi connectivity index (χ0v) is 16.7. The maximum atomic E-state index is 4.95. The van der Waals surface area contributed by atoms with Crippen molar-refractivity contribution in [3.05, 3.63) is 66.6 Å². The van der Waals surface area contributed by atoms with Crippen molar-refractivity contribution in [2.24, 2.45) is 0 Å². The number of hydrogen-bond acceptors (Lipinski definition) is 1. The van der Waals surface area contributed by atoms with Crippen molar-refractivity contribution >= 4 is 29.5 Å². The van der Waals surface area contributed by atoms with Gasteiger partial charge in [0.25, 0.3) is 0 Å². The molecular weight excluding hydrogens is 375 g/mol. The van der Waals surface area contributed by atoms with E-state index in [0.717, 1.165) is 26.1 Å². The predicted octanol–water partition coefficient (Wildman–Crippen LogP) is 5.95. The summed E-state index contributed by atoms with van der Waals surface area (Å²) in [6.45, 7) is 7.70. The van der Waals surface area contributed by atoms with Crippen molar-refractivity contribution in [2.45, 2.75) is 20.3 Å². The molecule has 0 aromatic heterocycles. The van der Waals surface area contributed by atoms with Crippen LogP contribution in [0.3, 0.4) is 0 Å². The van der Waals surface area contributed by atoms with Gasteiger partial charge in [-0.25, -0.2) is 12.2 Å². The van der Waals surface area contributed by atoms with Gasteiger partial charge in [0.2, 0.25) is 0 Å². The summed E-state index contributed by atoms with van der Waals surface area (Å²) in [5.41, 5.74) is 1.31. The van der Waals surface area contributed by atoms with Gasteiger partial charge in [0.1, 0.15) is 0 Å². The van der Waals surface area contributed by atoms with Crippen molar-refractivity contribution in [1.82, 2.24) is 4.90 Å². The van der Waals surface area contributed by atoms with Gasteiger partial charge in [-0.15, -0.1) is 18.6 Å². The third kappa shape index (κ3) is 14.9. The number of benzene rings is 1. The Morgan fingerprint density at radius 2 is 1.73 bits per heavy atom. The molecule has 0 atom stereocenters. The fourth-order valence-corrected chi connectivity index (χ4v) is 1.65. The molecule has 0 N–H and O–H groups in total. The molecule has 0 saturated heterocycles. The van der Waals surface area contributed by atoms with Gasteiger partial charge in [-0.2, -0.15) is 30.2 Å². The van der Waals surface area contributed by atoms with Gasteiger partial charge in [0, 0.05) is 0 Å². The molecular formula is C17H23Cl3NV-2. The minimum absolute atomic E-state index is 1.01. The molecule has 5 heteroatoms. The number of allylic oxidation sites excluding steroid dienone is 4. The van der Waals surface area contributed by atoms with E-state index in [1.54, 1.807) is 0 Å².